The van der Waals surface area contributed by atoms with E-state index in [0.29, 0.717) is 31.7 Å². The van der Waals surface area contributed by atoms with Gasteiger partial charge in [-0.1, -0.05) is 36.4 Å². The highest BCUT2D eigenvalue weighted by atomic mass is 19.3. The molecule has 0 aliphatic carbocycles. The van der Waals surface area contributed by atoms with Crippen LogP contribution in [0.3, 0.4) is 0 Å². The van der Waals surface area contributed by atoms with E-state index < -0.39 is 18.6 Å². The van der Waals surface area contributed by atoms with Crippen LogP contribution in [-0.4, -0.2) is 48.7 Å². The summed E-state index contributed by atoms with van der Waals surface area (Å²) in [5.41, 5.74) is 1.66. The number of hydrogen-bond acceptors (Lipinski definition) is 3. The summed E-state index contributed by atoms with van der Waals surface area (Å²) in [4.78, 5) is 1.78. The van der Waals surface area contributed by atoms with Gasteiger partial charge in [0.05, 0.1) is 0 Å². The fourth-order valence-electron chi connectivity index (χ4n) is 3.43. The van der Waals surface area contributed by atoms with Crippen LogP contribution in [0.15, 0.2) is 36.4 Å². The first-order valence-electron chi connectivity index (χ1n) is 7.96. The quantitative estimate of drug-likeness (QED) is 0.909. The van der Waals surface area contributed by atoms with Crippen LogP contribution in [0.25, 0.3) is 10.8 Å². The Kier molecular flexibility index (Phi) is 4.62. The molecule has 1 aliphatic rings. The summed E-state index contributed by atoms with van der Waals surface area (Å²) in [5, 5.41) is 14.3. The molecule has 3 nitrogen and oxygen atoms in total. The average molecular weight is 320 g/mol. The van der Waals surface area contributed by atoms with Gasteiger partial charge in [0.15, 0.2) is 0 Å². The Labute approximate surface area is 134 Å². The molecule has 2 aromatic rings. The zero-order valence-corrected chi connectivity index (χ0v) is 13.2. The Morgan fingerprint density at radius 3 is 2.43 bits per heavy atom. The second kappa shape index (κ2) is 6.51. The van der Waals surface area contributed by atoms with Gasteiger partial charge >= 0.3 is 0 Å². The normalized spacial score (nSPS) is 18.3. The van der Waals surface area contributed by atoms with Gasteiger partial charge < -0.3 is 10.4 Å². The van der Waals surface area contributed by atoms with Crippen LogP contribution in [0, 0.1) is 6.92 Å². The third-order valence-corrected chi connectivity index (χ3v) is 4.60. The molecule has 0 radical (unpaired) electrons. The molecule has 1 atom stereocenters. The molecule has 5 heteroatoms. The summed E-state index contributed by atoms with van der Waals surface area (Å²) in [6, 6.07) is 10.2. The van der Waals surface area contributed by atoms with Gasteiger partial charge in [-0.2, -0.15) is 0 Å². The van der Waals surface area contributed by atoms with Crippen LogP contribution in [0.1, 0.15) is 17.2 Å². The summed E-state index contributed by atoms with van der Waals surface area (Å²) in [6.45, 7) is 3.29. The van der Waals surface area contributed by atoms with Gasteiger partial charge in [0.2, 0.25) is 0 Å². The van der Waals surface area contributed by atoms with Gasteiger partial charge in [-0.3, -0.25) is 4.90 Å². The molecule has 0 saturated carbocycles. The lowest BCUT2D eigenvalue weighted by Crippen LogP contribution is -2.51. The molecule has 0 spiro atoms. The number of piperazine rings is 1. The summed E-state index contributed by atoms with van der Waals surface area (Å²) in [5.74, 6) is -3.19. The van der Waals surface area contributed by atoms with Gasteiger partial charge in [0.25, 0.3) is 5.92 Å². The molecule has 0 aromatic heterocycles. The Morgan fingerprint density at radius 2 is 1.78 bits per heavy atom. The number of aliphatic hydroxyl groups excluding tert-OH is 1. The second-order valence-corrected chi connectivity index (χ2v) is 6.12. The number of halogens is 2. The van der Waals surface area contributed by atoms with E-state index in [-0.39, 0.29) is 0 Å². The fourth-order valence-corrected chi connectivity index (χ4v) is 3.43. The van der Waals surface area contributed by atoms with Crippen LogP contribution in [0.2, 0.25) is 0 Å². The first-order chi connectivity index (χ1) is 11.0. The van der Waals surface area contributed by atoms with Crippen LogP contribution in [0.4, 0.5) is 8.78 Å². The van der Waals surface area contributed by atoms with Crippen molar-refractivity contribution in [1.29, 1.82) is 0 Å². The molecular formula is C18H22F2N2O. The molecule has 124 valence electrons. The fraction of sp³-hybridized carbons (Fsp3) is 0.444. The SMILES string of the molecule is Cc1ccc([C@@H](N2CCNCC2)C(F)(F)CO)c2ccccc12. The maximum Gasteiger partial charge on any atom is 0.289 e. The van der Waals surface area contributed by atoms with Crippen molar-refractivity contribution in [1.82, 2.24) is 10.2 Å². The molecule has 1 fully saturated rings. The van der Waals surface area contributed by atoms with E-state index in [1.807, 2.05) is 37.3 Å². The largest absolute Gasteiger partial charge is 0.390 e. The van der Waals surface area contributed by atoms with Crippen molar-refractivity contribution < 1.29 is 13.9 Å². The van der Waals surface area contributed by atoms with E-state index in [1.165, 1.54) is 0 Å². The minimum absolute atomic E-state index is 0.544. The highest BCUT2D eigenvalue weighted by Gasteiger charge is 2.44. The van der Waals surface area contributed by atoms with Crippen molar-refractivity contribution in [2.45, 2.75) is 18.9 Å². The molecule has 0 unspecified atom stereocenters. The van der Waals surface area contributed by atoms with E-state index in [2.05, 4.69) is 5.32 Å². The van der Waals surface area contributed by atoms with E-state index in [4.69, 9.17) is 0 Å². The lowest BCUT2D eigenvalue weighted by atomic mass is 9.91. The Morgan fingerprint density at radius 1 is 1.13 bits per heavy atom. The Hall–Kier alpha value is -1.56. The first-order valence-corrected chi connectivity index (χ1v) is 7.96. The first kappa shape index (κ1) is 16.3. The maximum atomic E-state index is 14.6. The number of hydrogen-bond donors (Lipinski definition) is 2. The second-order valence-electron chi connectivity index (χ2n) is 6.12. The molecule has 3 rings (SSSR count). The molecule has 0 amide bonds. The van der Waals surface area contributed by atoms with E-state index >= 15 is 0 Å². The van der Waals surface area contributed by atoms with Gasteiger partial charge in [-0.05, 0) is 28.8 Å². The van der Waals surface area contributed by atoms with Gasteiger partial charge in [0.1, 0.15) is 12.6 Å². The number of benzene rings is 2. The molecule has 0 bridgehead atoms. The average Bonchev–Trinajstić information content (AvgIpc) is 2.58. The summed E-state index contributed by atoms with van der Waals surface area (Å²) in [7, 11) is 0. The molecule has 1 aliphatic heterocycles. The van der Waals surface area contributed by atoms with Crippen molar-refractivity contribution in [2.24, 2.45) is 0 Å². The molecule has 2 N–H and O–H groups in total. The zero-order chi connectivity index (χ0) is 16.4. The van der Waals surface area contributed by atoms with Crippen molar-refractivity contribution in [3.8, 4) is 0 Å². The van der Waals surface area contributed by atoms with Gasteiger partial charge in [0, 0.05) is 26.2 Å². The number of alkyl halides is 2. The van der Waals surface area contributed by atoms with E-state index in [9.17, 15) is 13.9 Å². The summed E-state index contributed by atoms with van der Waals surface area (Å²) >= 11 is 0. The highest BCUT2D eigenvalue weighted by Crippen LogP contribution is 2.40. The van der Waals surface area contributed by atoms with Gasteiger partial charge in [-0.15, -0.1) is 0 Å². The maximum absolute atomic E-state index is 14.6. The molecule has 23 heavy (non-hydrogen) atoms. The topological polar surface area (TPSA) is 35.5 Å². The standard InChI is InChI=1S/C18H22F2N2O/c1-13-6-7-16(15-5-3-2-4-14(13)15)17(18(19,20)12-23)22-10-8-21-9-11-22/h2-7,17,21,23H,8-12H2,1H3/t17-/m1/s1. The third kappa shape index (κ3) is 3.09. The number of nitrogens with zero attached hydrogens (tertiary/aromatic N) is 1. The lowest BCUT2D eigenvalue weighted by molar-refractivity contribution is -0.118. The van der Waals surface area contributed by atoms with E-state index in [0.717, 1.165) is 16.3 Å². The molecule has 1 saturated heterocycles. The van der Waals surface area contributed by atoms with Crippen molar-refractivity contribution in [2.75, 3.05) is 32.8 Å². The Bertz CT molecular complexity index is 684. The van der Waals surface area contributed by atoms with Crippen molar-refractivity contribution >= 4 is 10.8 Å². The van der Waals surface area contributed by atoms with Crippen LogP contribution >= 0.6 is 0 Å². The minimum Gasteiger partial charge on any atom is -0.390 e. The number of aryl methyl sites for hydroxylation is 1. The van der Waals surface area contributed by atoms with Crippen molar-refractivity contribution in [3.63, 3.8) is 0 Å². The number of aliphatic hydroxyl groups is 1. The minimum atomic E-state index is -3.19. The molecule has 1 heterocycles. The Balaban J connectivity index is 2.15. The van der Waals surface area contributed by atoms with Crippen molar-refractivity contribution in [3.05, 3.63) is 47.5 Å². The summed E-state index contributed by atoms with van der Waals surface area (Å²) in [6.07, 6.45) is 0. The summed E-state index contributed by atoms with van der Waals surface area (Å²) < 4.78 is 29.2. The third-order valence-electron chi connectivity index (χ3n) is 4.60. The number of rotatable bonds is 4. The van der Waals surface area contributed by atoms with Gasteiger partial charge in [-0.25, -0.2) is 8.78 Å². The van der Waals surface area contributed by atoms with Crippen LogP contribution in [-0.2, 0) is 0 Å². The monoisotopic (exact) mass is 320 g/mol. The van der Waals surface area contributed by atoms with E-state index in [1.54, 1.807) is 11.0 Å². The predicted octanol–water partition coefficient (Wildman–Crippen LogP) is 2.72. The highest BCUT2D eigenvalue weighted by molar-refractivity contribution is 5.89. The molecular weight excluding hydrogens is 298 g/mol. The molecule has 2 aromatic carbocycles. The lowest BCUT2D eigenvalue weighted by Gasteiger charge is -2.39. The van der Waals surface area contributed by atoms with Crippen LogP contribution < -0.4 is 5.32 Å². The van der Waals surface area contributed by atoms with Crippen LogP contribution in [0.5, 0.6) is 0 Å². The number of fused-ring (bicyclic) bond motifs is 1. The predicted molar refractivity (Wildman–Crippen MR) is 87.9 cm³/mol. The smallest absolute Gasteiger partial charge is 0.289 e. The zero-order valence-electron chi connectivity index (χ0n) is 13.2. The number of nitrogens with one attached hydrogen (secondary N) is 1.